The number of aryl methyl sites for hydroxylation is 1. The monoisotopic (exact) mass is 300 g/mol. The minimum Gasteiger partial charge on any atom is -0.493 e. The first-order valence-corrected chi connectivity index (χ1v) is 6.15. The zero-order chi connectivity index (χ0) is 12.4. The lowest BCUT2D eigenvalue weighted by molar-refractivity contribution is -0.136. The van der Waals surface area contributed by atoms with E-state index < -0.39 is 5.97 Å². The Morgan fingerprint density at radius 3 is 3.06 bits per heavy atom. The van der Waals surface area contributed by atoms with Crippen molar-refractivity contribution in [2.45, 2.75) is 19.3 Å². The summed E-state index contributed by atoms with van der Waals surface area (Å²) in [5, 5.41) is 8.71. The van der Waals surface area contributed by atoms with Crippen LogP contribution in [0.4, 0.5) is 0 Å². The van der Waals surface area contributed by atoms with Crippen LogP contribution in [0.2, 0.25) is 0 Å². The molecule has 1 aliphatic rings. The standard InChI is InChI=1S/C12H13BrO4/c1-16-9-6-7(2-3-10(14)15)11(13)8-4-5-17-12(8)9/h6H,2-5H2,1H3,(H,14,15). The van der Waals surface area contributed by atoms with E-state index in [1.807, 2.05) is 6.07 Å². The molecule has 0 radical (unpaired) electrons. The highest BCUT2D eigenvalue weighted by Crippen LogP contribution is 2.42. The molecule has 0 bridgehead atoms. The summed E-state index contributed by atoms with van der Waals surface area (Å²) in [6, 6.07) is 1.84. The number of hydrogen-bond acceptors (Lipinski definition) is 3. The van der Waals surface area contributed by atoms with Gasteiger partial charge in [0.15, 0.2) is 11.5 Å². The molecule has 1 heterocycles. The first kappa shape index (κ1) is 12.2. The van der Waals surface area contributed by atoms with Crippen LogP contribution in [0.5, 0.6) is 11.5 Å². The predicted molar refractivity (Wildman–Crippen MR) is 65.8 cm³/mol. The molecular formula is C12H13BrO4. The highest BCUT2D eigenvalue weighted by molar-refractivity contribution is 9.10. The lowest BCUT2D eigenvalue weighted by Gasteiger charge is -2.12. The van der Waals surface area contributed by atoms with E-state index >= 15 is 0 Å². The molecule has 92 valence electrons. The molecule has 1 N–H and O–H groups in total. The molecule has 17 heavy (non-hydrogen) atoms. The van der Waals surface area contributed by atoms with E-state index in [0.717, 1.165) is 27.8 Å². The van der Waals surface area contributed by atoms with E-state index in [1.54, 1.807) is 7.11 Å². The summed E-state index contributed by atoms with van der Waals surface area (Å²) in [4.78, 5) is 10.6. The van der Waals surface area contributed by atoms with Crippen LogP contribution in [-0.2, 0) is 17.6 Å². The molecule has 1 aromatic carbocycles. The summed E-state index contributed by atoms with van der Waals surface area (Å²) in [7, 11) is 1.59. The molecule has 0 aromatic heterocycles. The van der Waals surface area contributed by atoms with Gasteiger partial charge in [-0.2, -0.15) is 0 Å². The summed E-state index contributed by atoms with van der Waals surface area (Å²) in [6.07, 6.45) is 1.42. The van der Waals surface area contributed by atoms with Crippen LogP contribution < -0.4 is 9.47 Å². The molecule has 0 saturated heterocycles. The number of aliphatic carboxylic acids is 1. The van der Waals surface area contributed by atoms with Crippen LogP contribution in [0.25, 0.3) is 0 Å². The number of methoxy groups -OCH3 is 1. The largest absolute Gasteiger partial charge is 0.493 e. The van der Waals surface area contributed by atoms with E-state index in [2.05, 4.69) is 15.9 Å². The minimum absolute atomic E-state index is 0.112. The van der Waals surface area contributed by atoms with Crippen molar-refractivity contribution in [1.29, 1.82) is 0 Å². The second-order valence-electron chi connectivity index (χ2n) is 3.85. The first-order chi connectivity index (χ1) is 8.13. The molecule has 0 atom stereocenters. The number of carboxylic acid groups (broad SMARTS) is 1. The molecule has 1 aliphatic heterocycles. The van der Waals surface area contributed by atoms with Crippen molar-refractivity contribution in [1.82, 2.24) is 0 Å². The van der Waals surface area contributed by atoms with Crippen molar-refractivity contribution in [3.8, 4) is 11.5 Å². The average molecular weight is 301 g/mol. The molecular weight excluding hydrogens is 288 g/mol. The topological polar surface area (TPSA) is 55.8 Å². The Kier molecular flexibility index (Phi) is 3.57. The van der Waals surface area contributed by atoms with Gasteiger partial charge in [-0.1, -0.05) is 15.9 Å². The van der Waals surface area contributed by atoms with Crippen molar-refractivity contribution >= 4 is 21.9 Å². The Morgan fingerprint density at radius 2 is 2.41 bits per heavy atom. The van der Waals surface area contributed by atoms with Crippen molar-refractivity contribution in [3.63, 3.8) is 0 Å². The molecule has 4 nitrogen and oxygen atoms in total. The molecule has 1 aromatic rings. The second-order valence-corrected chi connectivity index (χ2v) is 4.64. The number of carboxylic acids is 1. The smallest absolute Gasteiger partial charge is 0.303 e. The van der Waals surface area contributed by atoms with Gasteiger partial charge in [-0.3, -0.25) is 4.79 Å². The number of ether oxygens (including phenoxy) is 2. The lowest BCUT2D eigenvalue weighted by atomic mass is 10.0. The average Bonchev–Trinajstić information content (AvgIpc) is 2.77. The Hall–Kier alpha value is -1.23. The molecule has 5 heteroatoms. The number of benzene rings is 1. The second kappa shape index (κ2) is 4.96. The zero-order valence-electron chi connectivity index (χ0n) is 9.46. The maximum Gasteiger partial charge on any atom is 0.303 e. The number of hydrogen-bond donors (Lipinski definition) is 1. The molecule has 0 amide bonds. The Balaban J connectivity index is 2.36. The van der Waals surface area contributed by atoms with Crippen LogP contribution in [0.15, 0.2) is 10.5 Å². The van der Waals surface area contributed by atoms with Crippen LogP contribution in [0.1, 0.15) is 17.5 Å². The summed E-state index contributed by atoms with van der Waals surface area (Å²) in [6.45, 7) is 0.646. The molecule has 0 unspecified atom stereocenters. The number of halogens is 1. The quantitative estimate of drug-likeness (QED) is 0.928. The first-order valence-electron chi connectivity index (χ1n) is 5.36. The van der Waals surface area contributed by atoms with Gasteiger partial charge in [-0.25, -0.2) is 0 Å². The summed E-state index contributed by atoms with van der Waals surface area (Å²) in [5.41, 5.74) is 2.03. The third-order valence-electron chi connectivity index (χ3n) is 2.78. The molecule has 0 aliphatic carbocycles. The van der Waals surface area contributed by atoms with Gasteiger partial charge in [0.2, 0.25) is 0 Å². The van der Waals surface area contributed by atoms with Crippen LogP contribution in [0.3, 0.4) is 0 Å². The number of carbonyl (C=O) groups is 1. The maximum atomic E-state index is 10.6. The lowest BCUT2D eigenvalue weighted by Crippen LogP contribution is -2.00. The molecule has 0 fully saturated rings. The van der Waals surface area contributed by atoms with E-state index in [9.17, 15) is 4.79 Å². The van der Waals surface area contributed by atoms with E-state index in [4.69, 9.17) is 14.6 Å². The third-order valence-corrected chi connectivity index (χ3v) is 3.76. The fourth-order valence-corrected chi connectivity index (χ4v) is 2.63. The van der Waals surface area contributed by atoms with Crippen LogP contribution in [-0.4, -0.2) is 24.8 Å². The maximum absolute atomic E-state index is 10.6. The van der Waals surface area contributed by atoms with Crippen LogP contribution in [0, 0.1) is 0 Å². The minimum atomic E-state index is -0.799. The van der Waals surface area contributed by atoms with Crippen molar-refractivity contribution in [2.24, 2.45) is 0 Å². The molecule has 0 spiro atoms. The van der Waals surface area contributed by atoms with Crippen molar-refractivity contribution in [3.05, 3.63) is 21.7 Å². The van der Waals surface area contributed by atoms with Gasteiger partial charge < -0.3 is 14.6 Å². The van der Waals surface area contributed by atoms with Crippen molar-refractivity contribution in [2.75, 3.05) is 13.7 Å². The third kappa shape index (κ3) is 2.39. The van der Waals surface area contributed by atoms with Gasteiger partial charge in [0, 0.05) is 22.9 Å². The fourth-order valence-electron chi connectivity index (χ4n) is 1.94. The summed E-state index contributed by atoms with van der Waals surface area (Å²) in [5.74, 6) is 0.659. The normalized spacial score (nSPS) is 13.1. The van der Waals surface area contributed by atoms with E-state index in [0.29, 0.717) is 18.8 Å². The molecule has 0 saturated carbocycles. The van der Waals surface area contributed by atoms with Gasteiger partial charge in [0.1, 0.15) is 0 Å². The SMILES string of the molecule is COc1cc(CCC(=O)O)c(Br)c2c1OCC2. The van der Waals surface area contributed by atoms with Gasteiger partial charge in [-0.05, 0) is 18.1 Å². The zero-order valence-corrected chi connectivity index (χ0v) is 11.0. The summed E-state index contributed by atoms with van der Waals surface area (Å²) >= 11 is 3.52. The van der Waals surface area contributed by atoms with Gasteiger partial charge in [-0.15, -0.1) is 0 Å². The number of rotatable bonds is 4. The highest BCUT2D eigenvalue weighted by Gasteiger charge is 2.23. The predicted octanol–water partition coefficient (Wildman–Crippen LogP) is 2.41. The fraction of sp³-hybridized carbons (Fsp3) is 0.417. The Labute approximate surface area is 108 Å². The van der Waals surface area contributed by atoms with Crippen molar-refractivity contribution < 1.29 is 19.4 Å². The van der Waals surface area contributed by atoms with E-state index in [-0.39, 0.29) is 6.42 Å². The molecule has 2 rings (SSSR count). The Bertz CT molecular complexity index is 456. The van der Waals surface area contributed by atoms with Crippen LogP contribution >= 0.6 is 15.9 Å². The van der Waals surface area contributed by atoms with E-state index in [1.165, 1.54) is 0 Å². The number of fused-ring (bicyclic) bond motifs is 1. The van der Waals surface area contributed by atoms with Gasteiger partial charge in [0.25, 0.3) is 0 Å². The van der Waals surface area contributed by atoms with Gasteiger partial charge in [0.05, 0.1) is 13.7 Å². The summed E-state index contributed by atoms with van der Waals surface area (Å²) < 4.78 is 11.7. The van der Waals surface area contributed by atoms with Gasteiger partial charge >= 0.3 is 5.97 Å². The highest BCUT2D eigenvalue weighted by atomic mass is 79.9. The Morgan fingerprint density at radius 1 is 1.65 bits per heavy atom.